The molecule has 0 aliphatic rings. The van der Waals surface area contributed by atoms with Crippen LogP contribution in [-0.2, 0) is 31.3 Å². The molecule has 0 bridgehead atoms. The fourth-order valence-electron chi connectivity index (χ4n) is 1.72. The third-order valence-electron chi connectivity index (χ3n) is 2.90. The Hall–Kier alpha value is -1.45. The predicted molar refractivity (Wildman–Crippen MR) is 86.1 cm³/mol. The first-order chi connectivity index (χ1) is 10.7. The fraction of sp³-hybridized carbons (Fsp3) is 0.143. The summed E-state index contributed by atoms with van der Waals surface area (Å²) in [6, 6.07) is 11.8. The second kappa shape index (κ2) is 6.98. The van der Waals surface area contributed by atoms with Crippen LogP contribution in [0.5, 0.6) is 0 Å². The lowest BCUT2D eigenvalue weighted by atomic mass is 10.2. The van der Waals surface area contributed by atoms with E-state index in [2.05, 4.69) is 0 Å². The van der Waals surface area contributed by atoms with Crippen molar-refractivity contribution in [1.82, 2.24) is 4.89 Å². The molecule has 0 saturated heterocycles. The second-order valence-electron chi connectivity index (χ2n) is 4.71. The van der Waals surface area contributed by atoms with Crippen molar-refractivity contribution < 1.29 is 21.7 Å². The maximum absolute atomic E-state index is 12.1. The Morgan fingerprint density at radius 3 is 2.30 bits per heavy atom. The van der Waals surface area contributed by atoms with Crippen molar-refractivity contribution in [3.63, 3.8) is 0 Å². The van der Waals surface area contributed by atoms with Crippen LogP contribution in [-0.4, -0.2) is 23.1 Å². The van der Waals surface area contributed by atoms with Gasteiger partial charge in [-0.15, -0.1) is 0 Å². The van der Waals surface area contributed by atoms with E-state index < -0.39 is 19.9 Å². The average Bonchev–Trinajstić information content (AvgIpc) is 2.48. The molecule has 0 aliphatic carbocycles. The fourth-order valence-corrected chi connectivity index (χ4v) is 3.50. The lowest BCUT2D eigenvalue weighted by Crippen LogP contribution is -2.24. The molecule has 9 heteroatoms. The molecule has 0 spiro atoms. The highest BCUT2D eigenvalue weighted by molar-refractivity contribution is 7.91. The zero-order valence-electron chi connectivity index (χ0n) is 12.1. The number of nitrogens with one attached hydrogen (secondary N) is 1. The molecule has 0 amide bonds. The Labute approximate surface area is 140 Å². The van der Waals surface area contributed by atoms with Crippen LogP contribution in [0.25, 0.3) is 0 Å². The van der Waals surface area contributed by atoms with Crippen molar-refractivity contribution in [1.29, 1.82) is 0 Å². The SMILES string of the molecule is CS(=O)(=O)c1cccc(S(=O)(=O)NOCc2ccccc2Cl)c1. The van der Waals surface area contributed by atoms with Crippen LogP contribution >= 0.6 is 11.6 Å². The number of benzene rings is 2. The highest BCUT2D eigenvalue weighted by atomic mass is 35.5. The highest BCUT2D eigenvalue weighted by Crippen LogP contribution is 2.17. The van der Waals surface area contributed by atoms with Crippen molar-refractivity contribution in [3.8, 4) is 0 Å². The van der Waals surface area contributed by atoms with Gasteiger partial charge in [-0.2, -0.15) is 0 Å². The number of sulfonamides is 1. The average molecular weight is 376 g/mol. The summed E-state index contributed by atoms with van der Waals surface area (Å²) in [6.07, 6.45) is 1.00. The number of hydrogen-bond acceptors (Lipinski definition) is 5. The van der Waals surface area contributed by atoms with Crippen molar-refractivity contribution in [2.75, 3.05) is 6.26 Å². The van der Waals surface area contributed by atoms with Crippen molar-refractivity contribution in [2.45, 2.75) is 16.4 Å². The van der Waals surface area contributed by atoms with Gasteiger partial charge >= 0.3 is 0 Å². The first-order valence-corrected chi connectivity index (χ1v) is 10.1. The standard InChI is InChI=1S/C14H14ClNO5S2/c1-22(17,18)12-6-4-7-13(9-12)23(19,20)16-21-10-11-5-2-3-8-14(11)15/h2-9,16H,10H2,1H3. The van der Waals surface area contributed by atoms with Crippen molar-refractivity contribution in [3.05, 3.63) is 59.1 Å². The summed E-state index contributed by atoms with van der Waals surface area (Å²) in [5, 5.41) is 0.450. The molecule has 23 heavy (non-hydrogen) atoms. The van der Waals surface area contributed by atoms with E-state index in [1.807, 2.05) is 4.89 Å². The largest absolute Gasteiger partial charge is 0.282 e. The number of hydrogen-bond donors (Lipinski definition) is 1. The van der Waals surface area contributed by atoms with Gasteiger partial charge in [0, 0.05) is 11.3 Å². The molecular formula is C14H14ClNO5S2. The van der Waals surface area contributed by atoms with Crippen LogP contribution in [0.1, 0.15) is 5.56 Å². The molecule has 0 aromatic heterocycles. The van der Waals surface area contributed by atoms with E-state index in [1.165, 1.54) is 18.2 Å². The van der Waals surface area contributed by atoms with E-state index in [1.54, 1.807) is 24.3 Å². The molecule has 0 heterocycles. The van der Waals surface area contributed by atoms with Gasteiger partial charge in [-0.25, -0.2) is 16.8 Å². The number of halogens is 1. The van der Waals surface area contributed by atoms with Gasteiger partial charge < -0.3 is 0 Å². The third kappa shape index (κ3) is 4.76. The minimum absolute atomic E-state index is 0.0648. The zero-order chi connectivity index (χ0) is 17.1. The van der Waals surface area contributed by atoms with Crippen LogP contribution < -0.4 is 4.89 Å². The summed E-state index contributed by atoms with van der Waals surface area (Å²) in [5.41, 5.74) is 0.613. The Balaban J connectivity index is 2.12. The molecule has 2 aromatic rings. The van der Waals surface area contributed by atoms with Crippen LogP contribution in [0.15, 0.2) is 58.3 Å². The summed E-state index contributed by atoms with van der Waals surface area (Å²) in [4.78, 5) is 6.62. The molecule has 6 nitrogen and oxygen atoms in total. The quantitative estimate of drug-likeness (QED) is 0.781. The lowest BCUT2D eigenvalue weighted by Gasteiger charge is -2.09. The molecule has 2 rings (SSSR count). The van der Waals surface area contributed by atoms with Gasteiger partial charge in [0.2, 0.25) is 0 Å². The van der Waals surface area contributed by atoms with Crippen molar-refractivity contribution in [2.24, 2.45) is 0 Å². The first kappa shape index (κ1) is 17.9. The molecule has 0 fully saturated rings. The molecule has 0 saturated carbocycles. The molecule has 2 aromatic carbocycles. The topological polar surface area (TPSA) is 89.5 Å². The summed E-state index contributed by atoms with van der Waals surface area (Å²) in [5.74, 6) is 0. The monoisotopic (exact) mass is 375 g/mol. The molecular weight excluding hydrogens is 362 g/mol. The van der Waals surface area contributed by atoms with Gasteiger partial charge in [0.15, 0.2) is 9.84 Å². The highest BCUT2D eigenvalue weighted by Gasteiger charge is 2.17. The summed E-state index contributed by atoms with van der Waals surface area (Å²) in [7, 11) is -7.51. The maximum Gasteiger partial charge on any atom is 0.262 e. The lowest BCUT2D eigenvalue weighted by molar-refractivity contribution is 0.0795. The minimum Gasteiger partial charge on any atom is -0.282 e. The van der Waals surface area contributed by atoms with E-state index in [0.29, 0.717) is 10.6 Å². The molecule has 0 unspecified atom stereocenters. The number of sulfone groups is 1. The smallest absolute Gasteiger partial charge is 0.262 e. The van der Waals surface area contributed by atoms with Crippen LogP contribution in [0.4, 0.5) is 0 Å². The van der Waals surface area contributed by atoms with Gasteiger partial charge in [0.1, 0.15) is 0 Å². The van der Waals surface area contributed by atoms with Gasteiger partial charge in [-0.1, -0.05) is 40.8 Å². The van der Waals surface area contributed by atoms with E-state index >= 15 is 0 Å². The molecule has 1 N–H and O–H groups in total. The Morgan fingerprint density at radius 2 is 1.65 bits per heavy atom. The van der Waals surface area contributed by atoms with Crippen molar-refractivity contribution >= 4 is 31.5 Å². The van der Waals surface area contributed by atoms with Gasteiger partial charge in [-0.05, 0) is 29.8 Å². The number of rotatable bonds is 6. The zero-order valence-corrected chi connectivity index (χ0v) is 14.5. The van der Waals surface area contributed by atoms with Crippen LogP contribution in [0.3, 0.4) is 0 Å². The van der Waals surface area contributed by atoms with Crippen LogP contribution in [0, 0.1) is 0 Å². The second-order valence-corrected chi connectivity index (χ2v) is 8.78. The molecule has 0 aliphatic heterocycles. The molecule has 0 radical (unpaired) electrons. The Morgan fingerprint density at radius 1 is 1.00 bits per heavy atom. The van der Waals surface area contributed by atoms with Crippen LogP contribution in [0.2, 0.25) is 5.02 Å². The van der Waals surface area contributed by atoms with Gasteiger partial charge in [-0.3, -0.25) is 4.84 Å². The summed E-state index contributed by atoms with van der Waals surface area (Å²) >= 11 is 5.94. The minimum atomic E-state index is -4.01. The summed E-state index contributed by atoms with van der Waals surface area (Å²) in [6.45, 7) is -0.0648. The van der Waals surface area contributed by atoms with E-state index in [-0.39, 0.29) is 16.4 Å². The van der Waals surface area contributed by atoms with E-state index in [0.717, 1.165) is 12.3 Å². The van der Waals surface area contributed by atoms with Gasteiger partial charge in [0.25, 0.3) is 10.0 Å². The Bertz CT molecular complexity index is 910. The normalized spacial score (nSPS) is 12.3. The summed E-state index contributed by atoms with van der Waals surface area (Å²) < 4.78 is 47.2. The molecule has 0 atom stereocenters. The first-order valence-electron chi connectivity index (χ1n) is 6.37. The third-order valence-corrected chi connectivity index (χ3v) is 5.59. The maximum atomic E-state index is 12.1. The van der Waals surface area contributed by atoms with E-state index in [9.17, 15) is 16.8 Å². The van der Waals surface area contributed by atoms with Gasteiger partial charge in [0.05, 0.1) is 16.4 Å². The Kier molecular flexibility index (Phi) is 5.43. The predicted octanol–water partition coefficient (Wildman–Crippen LogP) is 2.15. The van der Waals surface area contributed by atoms with E-state index in [4.69, 9.17) is 16.4 Å². The molecule has 124 valence electrons.